The lowest BCUT2D eigenvalue weighted by Gasteiger charge is -2.20. The minimum absolute atomic E-state index is 0.523. The first-order valence-electron chi connectivity index (χ1n) is 6.78. The molecule has 0 unspecified atom stereocenters. The van der Waals surface area contributed by atoms with Crippen LogP contribution in [-0.4, -0.2) is 27.3 Å². The molecule has 21 heavy (non-hydrogen) atoms. The van der Waals surface area contributed by atoms with E-state index in [0.29, 0.717) is 36.1 Å². The van der Waals surface area contributed by atoms with Gasteiger partial charge in [0, 0.05) is 38.0 Å². The Kier molecular flexibility index (Phi) is 3.48. The molecule has 0 aromatic heterocycles. The number of anilines is 2. The van der Waals surface area contributed by atoms with Gasteiger partial charge in [0.05, 0.1) is 5.69 Å². The van der Waals surface area contributed by atoms with Gasteiger partial charge in [0.2, 0.25) is 0 Å². The van der Waals surface area contributed by atoms with E-state index in [1.165, 1.54) is 0 Å². The van der Waals surface area contributed by atoms with Gasteiger partial charge in [0.1, 0.15) is 19.0 Å². The number of nitrogens with zero attached hydrogens (tertiary/aromatic N) is 1. The number of nitrogen functional groups attached to an aromatic ring is 1. The molecular formula is C16H18N2O3. The van der Waals surface area contributed by atoms with E-state index >= 15 is 0 Å². The Bertz CT molecular complexity index is 656. The maximum absolute atomic E-state index is 6.02. The summed E-state index contributed by atoms with van der Waals surface area (Å²) >= 11 is 0. The minimum atomic E-state index is 0.523. The van der Waals surface area contributed by atoms with Crippen molar-refractivity contribution in [3.8, 4) is 23.0 Å². The third-order valence-electron chi connectivity index (χ3n) is 3.24. The lowest BCUT2D eigenvalue weighted by molar-refractivity contribution is 0.171. The molecule has 2 N–H and O–H groups in total. The van der Waals surface area contributed by atoms with Crippen molar-refractivity contribution in [3.05, 3.63) is 36.4 Å². The summed E-state index contributed by atoms with van der Waals surface area (Å²) in [4.78, 5) is 2.01. The quantitative estimate of drug-likeness (QED) is 0.879. The molecule has 0 radical (unpaired) electrons. The van der Waals surface area contributed by atoms with Crippen molar-refractivity contribution >= 4 is 11.4 Å². The zero-order chi connectivity index (χ0) is 14.8. The second-order valence-corrected chi connectivity index (χ2v) is 5.03. The predicted molar refractivity (Wildman–Crippen MR) is 82.7 cm³/mol. The number of rotatable bonds is 3. The van der Waals surface area contributed by atoms with Gasteiger partial charge in [-0.2, -0.15) is 0 Å². The van der Waals surface area contributed by atoms with Gasteiger partial charge < -0.3 is 24.8 Å². The van der Waals surface area contributed by atoms with Gasteiger partial charge in [-0.15, -0.1) is 0 Å². The second kappa shape index (κ2) is 5.44. The standard InChI is InChI=1S/C16H18N2O3/c1-18(2)11-4-3-5-12(8-11)21-14-10-16-15(9-13(14)17)19-6-7-20-16/h3-5,8-10H,6-7,17H2,1-2H3. The summed E-state index contributed by atoms with van der Waals surface area (Å²) in [6, 6.07) is 11.3. The summed E-state index contributed by atoms with van der Waals surface area (Å²) in [7, 11) is 3.97. The van der Waals surface area contributed by atoms with Crippen LogP contribution in [-0.2, 0) is 0 Å². The van der Waals surface area contributed by atoms with Gasteiger partial charge in [-0.25, -0.2) is 0 Å². The summed E-state index contributed by atoms with van der Waals surface area (Å²) in [5.41, 5.74) is 7.60. The third-order valence-corrected chi connectivity index (χ3v) is 3.24. The molecule has 0 bridgehead atoms. The van der Waals surface area contributed by atoms with Crippen molar-refractivity contribution in [3.63, 3.8) is 0 Å². The fourth-order valence-corrected chi connectivity index (χ4v) is 2.13. The molecule has 2 aromatic carbocycles. The topological polar surface area (TPSA) is 57.0 Å². The molecule has 0 fully saturated rings. The van der Waals surface area contributed by atoms with Gasteiger partial charge in [-0.1, -0.05) is 6.07 Å². The van der Waals surface area contributed by atoms with E-state index in [4.69, 9.17) is 19.9 Å². The van der Waals surface area contributed by atoms with Crippen molar-refractivity contribution in [2.24, 2.45) is 0 Å². The summed E-state index contributed by atoms with van der Waals surface area (Å²) in [5, 5.41) is 0. The molecule has 1 aliphatic rings. The average Bonchev–Trinajstić information content (AvgIpc) is 2.48. The van der Waals surface area contributed by atoms with Crippen LogP contribution in [0, 0.1) is 0 Å². The fraction of sp³-hybridized carbons (Fsp3) is 0.250. The van der Waals surface area contributed by atoms with Crippen molar-refractivity contribution < 1.29 is 14.2 Å². The van der Waals surface area contributed by atoms with Crippen molar-refractivity contribution in [2.45, 2.75) is 0 Å². The first kappa shape index (κ1) is 13.4. The molecule has 1 heterocycles. The van der Waals surface area contributed by atoms with Gasteiger partial charge in [0.15, 0.2) is 17.2 Å². The van der Waals surface area contributed by atoms with E-state index in [9.17, 15) is 0 Å². The zero-order valence-electron chi connectivity index (χ0n) is 12.1. The van der Waals surface area contributed by atoms with Crippen LogP contribution in [0.25, 0.3) is 0 Å². The molecule has 2 aromatic rings. The molecule has 0 aliphatic carbocycles. The van der Waals surface area contributed by atoms with Crippen molar-refractivity contribution in [1.82, 2.24) is 0 Å². The summed E-state index contributed by atoms with van der Waals surface area (Å²) in [6.07, 6.45) is 0. The van der Waals surface area contributed by atoms with Crippen LogP contribution in [0.2, 0.25) is 0 Å². The molecular weight excluding hydrogens is 268 g/mol. The maximum Gasteiger partial charge on any atom is 0.165 e. The molecule has 0 saturated carbocycles. The zero-order valence-corrected chi connectivity index (χ0v) is 12.1. The molecule has 110 valence electrons. The van der Waals surface area contributed by atoms with Crippen LogP contribution in [0.3, 0.4) is 0 Å². The third kappa shape index (κ3) is 2.81. The molecule has 5 nitrogen and oxygen atoms in total. The van der Waals surface area contributed by atoms with Crippen LogP contribution in [0.15, 0.2) is 36.4 Å². The molecule has 0 atom stereocenters. The van der Waals surface area contributed by atoms with E-state index in [2.05, 4.69) is 0 Å². The Morgan fingerprint density at radius 3 is 2.48 bits per heavy atom. The Hall–Kier alpha value is -2.56. The highest BCUT2D eigenvalue weighted by Crippen LogP contribution is 2.40. The monoisotopic (exact) mass is 286 g/mol. The Labute approximate surface area is 123 Å². The lowest BCUT2D eigenvalue weighted by atomic mass is 10.2. The van der Waals surface area contributed by atoms with Crippen LogP contribution in [0.1, 0.15) is 0 Å². The largest absolute Gasteiger partial charge is 0.486 e. The number of ether oxygens (including phenoxy) is 3. The number of fused-ring (bicyclic) bond motifs is 1. The Morgan fingerprint density at radius 1 is 1.05 bits per heavy atom. The Morgan fingerprint density at radius 2 is 1.76 bits per heavy atom. The van der Waals surface area contributed by atoms with E-state index in [-0.39, 0.29) is 0 Å². The summed E-state index contributed by atoms with van der Waals surface area (Å²) in [6.45, 7) is 1.07. The van der Waals surface area contributed by atoms with Crippen LogP contribution in [0.5, 0.6) is 23.0 Å². The van der Waals surface area contributed by atoms with Crippen LogP contribution in [0.4, 0.5) is 11.4 Å². The van der Waals surface area contributed by atoms with E-state index < -0.39 is 0 Å². The highest BCUT2D eigenvalue weighted by molar-refractivity contribution is 5.63. The SMILES string of the molecule is CN(C)c1cccc(Oc2cc3c(cc2N)OCCO3)c1. The number of benzene rings is 2. The summed E-state index contributed by atoms with van der Waals surface area (Å²) in [5.74, 6) is 2.61. The van der Waals surface area contributed by atoms with Crippen LogP contribution >= 0.6 is 0 Å². The van der Waals surface area contributed by atoms with Crippen molar-refractivity contribution in [2.75, 3.05) is 37.9 Å². The fourth-order valence-electron chi connectivity index (χ4n) is 2.13. The number of hydrogen-bond acceptors (Lipinski definition) is 5. The molecule has 0 spiro atoms. The van der Waals surface area contributed by atoms with Gasteiger partial charge >= 0.3 is 0 Å². The first-order chi connectivity index (χ1) is 10.1. The molecule has 3 rings (SSSR count). The van der Waals surface area contributed by atoms with Crippen molar-refractivity contribution in [1.29, 1.82) is 0 Å². The smallest absolute Gasteiger partial charge is 0.165 e. The average molecular weight is 286 g/mol. The van der Waals surface area contributed by atoms with E-state index in [1.54, 1.807) is 12.1 Å². The lowest BCUT2D eigenvalue weighted by Crippen LogP contribution is -2.15. The molecule has 5 heteroatoms. The molecule has 1 aliphatic heterocycles. The minimum Gasteiger partial charge on any atom is -0.486 e. The number of nitrogens with two attached hydrogens (primary N) is 1. The Balaban J connectivity index is 1.89. The second-order valence-electron chi connectivity index (χ2n) is 5.03. The normalized spacial score (nSPS) is 12.9. The van der Waals surface area contributed by atoms with Crippen LogP contribution < -0.4 is 24.8 Å². The van der Waals surface area contributed by atoms with Gasteiger partial charge in [-0.3, -0.25) is 0 Å². The predicted octanol–water partition coefficient (Wildman–Crippen LogP) is 2.90. The van der Waals surface area contributed by atoms with E-state index in [1.807, 2.05) is 43.3 Å². The summed E-state index contributed by atoms with van der Waals surface area (Å²) < 4.78 is 16.9. The maximum atomic E-state index is 6.02. The van der Waals surface area contributed by atoms with E-state index in [0.717, 1.165) is 11.4 Å². The number of hydrogen-bond donors (Lipinski definition) is 1. The van der Waals surface area contributed by atoms with Gasteiger partial charge in [-0.05, 0) is 12.1 Å². The highest BCUT2D eigenvalue weighted by Gasteiger charge is 2.16. The van der Waals surface area contributed by atoms with Gasteiger partial charge in [0.25, 0.3) is 0 Å². The first-order valence-corrected chi connectivity index (χ1v) is 6.78. The molecule has 0 saturated heterocycles. The highest BCUT2D eigenvalue weighted by atomic mass is 16.6. The molecule has 0 amide bonds.